The van der Waals surface area contributed by atoms with E-state index >= 15 is 0 Å². The van der Waals surface area contributed by atoms with Crippen LogP contribution in [0.1, 0.15) is 4.88 Å². The number of carbonyl (C=O) groups is 1. The Bertz CT molecular complexity index is 928. The number of nitriles is 1. The summed E-state index contributed by atoms with van der Waals surface area (Å²) >= 11 is 3.17. The summed E-state index contributed by atoms with van der Waals surface area (Å²) in [6.45, 7) is 0. The topological polar surface area (TPSA) is 73.1 Å². The van der Waals surface area contributed by atoms with E-state index in [4.69, 9.17) is 10.4 Å². The molecule has 0 saturated heterocycles. The van der Waals surface area contributed by atoms with Gasteiger partial charge in [-0.1, -0.05) is 6.07 Å². The predicted molar refractivity (Wildman–Crippen MR) is 88.0 cm³/mol. The van der Waals surface area contributed by atoms with Gasteiger partial charge in [0.25, 0.3) is 0 Å². The first-order valence-corrected chi connectivity index (χ1v) is 7.74. The van der Waals surface area contributed by atoms with Crippen LogP contribution in [0.5, 0.6) is 0 Å². The minimum atomic E-state index is -1.20. The Morgan fingerprint density at radius 2 is 2.14 bits per heavy atom. The zero-order valence-corrected chi connectivity index (χ0v) is 12.6. The van der Waals surface area contributed by atoms with Crippen LogP contribution in [0, 0.1) is 11.3 Å². The van der Waals surface area contributed by atoms with Gasteiger partial charge in [-0.15, -0.1) is 22.7 Å². The SMILES string of the molecule is CNc1ccc2c(c1)sc1cc(/C=C(\C#N)C(=O)O)sc12. The maximum Gasteiger partial charge on any atom is 0.346 e. The molecule has 3 rings (SSSR count). The number of hydrogen-bond acceptors (Lipinski definition) is 5. The zero-order valence-electron chi connectivity index (χ0n) is 11.0. The molecule has 0 aliphatic carbocycles. The molecule has 2 N–H and O–H groups in total. The molecule has 1 aromatic carbocycles. The van der Waals surface area contributed by atoms with Crippen LogP contribution in [-0.4, -0.2) is 18.1 Å². The fraction of sp³-hybridized carbons (Fsp3) is 0.0667. The molecule has 4 nitrogen and oxygen atoms in total. The van der Waals surface area contributed by atoms with Crippen molar-refractivity contribution in [2.24, 2.45) is 0 Å². The van der Waals surface area contributed by atoms with Crippen molar-refractivity contribution in [2.75, 3.05) is 12.4 Å². The quantitative estimate of drug-likeness (QED) is 0.562. The summed E-state index contributed by atoms with van der Waals surface area (Å²) in [5.74, 6) is -1.20. The summed E-state index contributed by atoms with van der Waals surface area (Å²) in [7, 11) is 1.88. The molecule has 0 bridgehead atoms. The molecule has 0 saturated carbocycles. The van der Waals surface area contributed by atoms with Crippen molar-refractivity contribution < 1.29 is 9.90 Å². The molecule has 0 aliphatic rings. The van der Waals surface area contributed by atoms with Crippen molar-refractivity contribution in [3.05, 3.63) is 34.7 Å². The van der Waals surface area contributed by atoms with Crippen LogP contribution in [0.25, 0.3) is 25.6 Å². The maximum atomic E-state index is 10.9. The third-order valence-corrected chi connectivity index (χ3v) is 5.43. The van der Waals surface area contributed by atoms with Crippen molar-refractivity contribution in [2.45, 2.75) is 0 Å². The first kappa shape index (κ1) is 13.6. The summed E-state index contributed by atoms with van der Waals surface area (Å²) in [6, 6.07) is 9.81. The second-order valence-electron chi connectivity index (χ2n) is 4.38. The van der Waals surface area contributed by atoms with Crippen molar-refractivity contribution in [1.82, 2.24) is 0 Å². The number of anilines is 1. The Balaban J connectivity index is 2.14. The van der Waals surface area contributed by atoms with Crippen molar-refractivity contribution in [1.29, 1.82) is 5.26 Å². The van der Waals surface area contributed by atoms with Gasteiger partial charge in [-0.3, -0.25) is 0 Å². The van der Waals surface area contributed by atoms with E-state index in [1.54, 1.807) is 17.4 Å². The first-order chi connectivity index (χ1) is 10.1. The standard InChI is InChI=1S/C15H10N2O2S2/c1-17-9-2-3-11-12(5-9)21-13-6-10(20-14(11)13)4-8(7-16)15(18)19/h2-6,17H,1H3,(H,18,19)/b8-4+. The van der Waals surface area contributed by atoms with Crippen LogP contribution >= 0.6 is 22.7 Å². The maximum absolute atomic E-state index is 10.9. The lowest BCUT2D eigenvalue weighted by Crippen LogP contribution is -1.96. The van der Waals surface area contributed by atoms with E-state index in [-0.39, 0.29) is 5.57 Å². The highest BCUT2D eigenvalue weighted by Gasteiger charge is 2.11. The van der Waals surface area contributed by atoms with Crippen LogP contribution < -0.4 is 5.32 Å². The largest absolute Gasteiger partial charge is 0.477 e. The lowest BCUT2D eigenvalue weighted by Gasteiger charge is -1.98. The normalized spacial score (nSPS) is 11.7. The summed E-state index contributed by atoms with van der Waals surface area (Å²) < 4.78 is 3.43. The lowest BCUT2D eigenvalue weighted by molar-refractivity contribution is -0.132. The molecule has 2 heterocycles. The van der Waals surface area contributed by atoms with Crippen molar-refractivity contribution in [3.8, 4) is 6.07 Å². The van der Waals surface area contributed by atoms with E-state index in [9.17, 15) is 4.79 Å². The lowest BCUT2D eigenvalue weighted by atomic mass is 10.2. The van der Waals surface area contributed by atoms with Crippen molar-refractivity contribution in [3.63, 3.8) is 0 Å². The van der Waals surface area contributed by atoms with Gasteiger partial charge in [-0.05, 0) is 24.3 Å². The van der Waals surface area contributed by atoms with Crippen LogP contribution in [0.2, 0.25) is 0 Å². The van der Waals surface area contributed by atoms with Gasteiger partial charge in [-0.25, -0.2) is 4.79 Å². The molecule has 0 spiro atoms. The van der Waals surface area contributed by atoms with Gasteiger partial charge in [0.2, 0.25) is 0 Å². The molecular weight excluding hydrogens is 304 g/mol. The number of fused-ring (bicyclic) bond motifs is 3. The first-order valence-electron chi connectivity index (χ1n) is 6.11. The van der Waals surface area contributed by atoms with Gasteiger partial charge in [0.1, 0.15) is 11.6 Å². The second kappa shape index (κ2) is 5.20. The molecule has 0 amide bonds. The fourth-order valence-electron chi connectivity index (χ4n) is 2.08. The molecule has 21 heavy (non-hydrogen) atoms. The van der Waals surface area contributed by atoms with Gasteiger partial charge in [0.15, 0.2) is 0 Å². The van der Waals surface area contributed by atoms with Crippen LogP contribution in [-0.2, 0) is 4.79 Å². The molecule has 0 unspecified atom stereocenters. The zero-order chi connectivity index (χ0) is 15.0. The Labute approximate surface area is 128 Å². The van der Waals surface area contributed by atoms with Crippen LogP contribution in [0.3, 0.4) is 0 Å². The minimum Gasteiger partial charge on any atom is -0.477 e. The average molecular weight is 314 g/mol. The highest BCUT2D eigenvalue weighted by atomic mass is 32.1. The molecule has 2 aromatic heterocycles. The van der Waals surface area contributed by atoms with Gasteiger partial charge < -0.3 is 10.4 Å². The molecule has 3 aromatic rings. The van der Waals surface area contributed by atoms with Gasteiger partial charge in [-0.2, -0.15) is 5.26 Å². The number of hydrogen-bond donors (Lipinski definition) is 2. The summed E-state index contributed by atoms with van der Waals surface area (Å²) in [6.07, 6.45) is 1.42. The van der Waals surface area contributed by atoms with E-state index in [1.165, 1.54) is 22.1 Å². The van der Waals surface area contributed by atoms with Crippen LogP contribution in [0.4, 0.5) is 5.69 Å². The number of carboxylic acids is 1. The van der Waals surface area contributed by atoms with E-state index < -0.39 is 5.97 Å². The van der Waals surface area contributed by atoms with E-state index in [0.29, 0.717) is 0 Å². The monoisotopic (exact) mass is 314 g/mol. The Morgan fingerprint density at radius 3 is 2.81 bits per heavy atom. The molecule has 104 valence electrons. The van der Waals surface area contributed by atoms with E-state index in [1.807, 2.05) is 19.2 Å². The third kappa shape index (κ3) is 2.37. The highest BCUT2D eigenvalue weighted by Crippen LogP contribution is 2.40. The third-order valence-electron chi connectivity index (χ3n) is 3.09. The molecule has 6 heteroatoms. The Kier molecular flexibility index (Phi) is 3.37. The van der Waals surface area contributed by atoms with Crippen LogP contribution in [0.15, 0.2) is 29.8 Å². The number of benzene rings is 1. The number of nitrogens with one attached hydrogen (secondary N) is 1. The molecule has 0 radical (unpaired) electrons. The van der Waals surface area contributed by atoms with Gasteiger partial charge in [0, 0.05) is 32.4 Å². The molecule has 0 atom stereocenters. The number of thiophene rings is 2. The summed E-state index contributed by atoms with van der Waals surface area (Å²) in [4.78, 5) is 11.7. The average Bonchev–Trinajstić information content (AvgIpc) is 3.00. The minimum absolute atomic E-state index is 0.245. The predicted octanol–water partition coefficient (Wildman–Crippen LogP) is 4.15. The Hall–Kier alpha value is -2.36. The molecular formula is C15H10N2O2S2. The number of nitrogens with zero attached hydrogens (tertiary/aromatic N) is 1. The smallest absolute Gasteiger partial charge is 0.346 e. The fourth-order valence-corrected chi connectivity index (χ4v) is 4.60. The Morgan fingerprint density at radius 1 is 1.33 bits per heavy atom. The number of carboxylic acid groups (broad SMARTS) is 1. The summed E-state index contributed by atoms with van der Waals surface area (Å²) in [5.41, 5.74) is 0.819. The van der Waals surface area contributed by atoms with E-state index in [0.717, 1.165) is 25.4 Å². The number of rotatable bonds is 3. The summed E-state index contributed by atoms with van der Waals surface area (Å²) in [5, 5.41) is 22.0. The van der Waals surface area contributed by atoms with Crippen molar-refractivity contribution >= 4 is 59.9 Å². The van der Waals surface area contributed by atoms with Gasteiger partial charge in [0.05, 0.1) is 4.70 Å². The number of aliphatic carboxylic acids is 1. The van der Waals surface area contributed by atoms with Gasteiger partial charge >= 0.3 is 5.97 Å². The molecule has 0 aliphatic heterocycles. The highest BCUT2D eigenvalue weighted by molar-refractivity contribution is 7.33. The second-order valence-corrected chi connectivity index (χ2v) is 6.55. The van der Waals surface area contributed by atoms with E-state index in [2.05, 4.69) is 17.4 Å². The molecule has 0 fully saturated rings.